The van der Waals surface area contributed by atoms with Gasteiger partial charge in [0, 0.05) is 58.6 Å². The molecule has 1 atom stereocenters. The van der Waals surface area contributed by atoms with Gasteiger partial charge in [-0.25, -0.2) is 0 Å². The number of nitriles is 1. The van der Waals surface area contributed by atoms with Crippen LogP contribution in [0.1, 0.15) is 12.8 Å². The summed E-state index contributed by atoms with van der Waals surface area (Å²) in [7, 11) is 0. The van der Waals surface area contributed by atoms with Gasteiger partial charge in [0.1, 0.15) is 11.6 Å². The summed E-state index contributed by atoms with van der Waals surface area (Å²) >= 11 is 0. The highest BCUT2D eigenvalue weighted by Gasteiger charge is 2.17. The predicted octanol–water partition coefficient (Wildman–Crippen LogP) is -0.816. The molecule has 0 spiro atoms. The van der Waals surface area contributed by atoms with Crippen molar-refractivity contribution in [2.45, 2.75) is 18.9 Å². The van der Waals surface area contributed by atoms with Gasteiger partial charge in [-0.15, -0.1) is 0 Å². The van der Waals surface area contributed by atoms with E-state index in [1.807, 2.05) is 6.07 Å². The normalized spacial score (nSPS) is 23.0. The third-order valence-electron chi connectivity index (χ3n) is 3.91. The van der Waals surface area contributed by atoms with E-state index in [4.69, 9.17) is 10.00 Å². The highest BCUT2D eigenvalue weighted by atomic mass is 16.5. The summed E-state index contributed by atoms with van der Waals surface area (Å²) in [6, 6.07) is 1.94. The fourth-order valence-corrected chi connectivity index (χ4v) is 2.59. The summed E-state index contributed by atoms with van der Waals surface area (Å²) in [5.41, 5.74) is 0.110. The molecule has 2 rings (SSSR count). The minimum atomic E-state index is -0.340. The van der Waals surface area contributed by atoms with Gasteiger partial charge in [0.15, 0.2) is 0 Å². The Bertz CT molecular complexity index is 420. The summed E-state index contributed by atoms with van der Waals surface area (Å²) < 4.78 is 5.44. The quantitative estimate of drug-likeness (QED) is 0.324. The first-order chi connectivity index (χ1) is 10.8. The molecule has 122 valence electrons. The maximum atomic E-state index is 11.9. The summed E-state index contributed by atoms with van der Waals surface area (Å²) in [5.74, 6) is -0.340. The zero-order chi connectivity index (χ0) is 15.6. The van der Waals surface area contributed by atoms with Gasteiger partial charge in [-0.3, -0.25) is 9.69 Å². The number of hydrogen-bond donors (Lipinski definition) is 3. The van der Waals surface area contributed by atoms with Crippen molar-refractivity contribution < 1.29 is 9.53 Å². The minimum absolute atomic E-state index is 0.0876. The molecule has 0 aromatic carbocycles. The van der Waals surface area contributed by atoms with Crippen LogP contribution in [0, 0.1) is 11.3 Å². The van der Waals surface area contributed by atoms with Gasteiger partial charge in [0.25, 0.3) is 5.91 Å². The summed E-state index contributed by atoms with van der Waals surface area (Å²) in [5, 5.41) is 18.2. The molecule has 0 aromatic heterocycles. The second kappa shape index (κ2) is 9.41. The van der Waals surface area contributed by atoms with Gasteiger partial charge in [0.2, 0.25) is 0 Å². The molecule has 2 heterocycles. The number of rotatable bonds is 7. The zero-order valence-corrected chi connectivity index (χ0v) is 12.9. The second-order valence-corrected chi connectivity index (χ2v) is 5.56. The van der Waals surface area contributed by atoms with E-state index in [0.29, 0.717) is 6.54 Å². The molecular weight excluding hydrogens is 282 g/mol. The third-order valence-corrected chi connectivity index (χ3v) is 3.91. The van der Waals surface area contributed by atoms with Crippen molar-refractivity contribution in [1.29, 1.82) is 5.26 Å². The number of piperazine rings is 1. The van der Waals surface area contributed by atoms with E-state index in [2.05, 4.69) is 20.9 Å². The first-order valence-corrected chi connectivity index (χ1v) is 7.96. The topological polar surface area (TPSA) is 89.4 Å². The fourth-order valence-electron chi connectivity index (χ4n) is 2.59. The Kier molecular flexibility index (Phi) is 7.16. The van der Waals surface area contributed by atoms with Crippen LogP contribution < -0.4 is 16.0 Å². The van der Waals surface area contributed by atoms with Crippen LogP contribution in [-0.2, 0) is 9.53 Å². The highest BCUT2D eigenvalue weighted by Crippen LogP contribution is 2.10. The lowest BCUT2D eigenvalue weighted by atomic mass is 10.2. The Morgan fingerprint density at radius 3 is 2.95 bits per heavy atom. The lowest BCUT2D eigenvalue weighted by Crippen LogP contribution is -2.45. The number of nitrogens with zero attached hydrogens (tertiary/aromatic N) is 2. The van der Waals surface area contributed by atoms with Crippen LogP contribution in [0.5, 0.6) is 0 Å². The van der Waals surface area contributed by atoms with E-state index in [0.717, 1.165) is 58.7 Å². The van der Waals surface area contributed by atoms with Crippen LogP contribution in [0.2, 0.25) is 0 Å². The van der Waals surface area contributed by atoms with Gasteiger partial charge >= 0.3 is 0 Å². The van der Waals surface area contributed by atoms with Crippen LogP contribution in [0.3, 0.4) is 0 Å². The molecule has 0 radical (unpaired) electrons. The molecule has 1 unspecified atom stereocenters. The molecule has 0 bridgehead atoms. The standard InChI is InChI=1S/C15H25N5O2/c16-10-13(15(21)19-12-14-2-1-9-22-14)11-18-5-8-20-6-3-17-4-7-20/h11,14,17-18H,1-9,12H2,(H,19,21)/b13-11-. The lowest BCUT2D eigenvalue weighted by molar-refractivity contribution is -0.117. The third kappa shape index (κ3) is 5.64. The van der Waals surface area contributed by atoms with E-state index in [1.54, 1.807) is 0 Å². The first kappa shape index (κ1) is 16.7. The van der Waals surface area contributed by atoms with Crippen molar-refractivity contribution in [3.8, 4) is 6.07 Å². The maximum Gasteiger partial charge on any atom is 0.263 e. The Balaban J connectivity index is 1.65. The van der Waals surface area contributed by atoms with Crippen LogP contribution in [0.4, 0.5) is 0 Å². The molecular formula is C15H25N5O2. The molecule has 0 aromatic rings. The van der Waals surface area contributed by atoms with Crippen LogP contribution >= 0.6 is 0 Å². The van der Waals surface area contributed by atoms with Crippen LogP contribution in [0.25, 0.3) is 0 Å². The molecule has 0 aliphatic carbocycles. The van der Waals surface area contributed by atoms with Gasteiger partial charge < -0.3 is 20.7 Å². The largest absolute Gasteiger partial charge is 0.388 e. The number of hydrogen-bond acceptors (Lipinski definition) is 6. The second-order valence-electron chi connectivity index (χ2n) is 5.56. The van der Waals surface area contributed by atoms with Gasteiger partial charge in [0.05, 0.1) is 6.10 Å². The number of ether oxygens (including phenoxy) is 1. The van der Waals surface area contributed by atoms with Gasteiger partial charge in [-0.1, -0.05) is 0 Å². The Labute approximate surface area is 131 Å². The monoisotopic (exact) mass is 307 g/mol. The summed E-state index contributed by atoms with van der Waals surface area (Å²) in [6.07, 6.45) is 3.60. The molecule has 7 heteroatoms. The number of carbonyl (C=O) groups is 1. The number of nitrogens with one attached hydrogen (secondary N) is 3. The molecule has 22 heavy (non-hydrogen) atoms. The van der Waals surface area contributed by atoms with E-state index < -0.39 is 0 Å². The SMILES string of the molecule is N#C/C(=C/NCCN1CCNCC1)C(=O)NCC1CCCO1. The summed E-state index contributed by atoms with van der Waals surface area (Å²) in [4.78, 5) is 14.3. The van der Waals surface area contributed by atoms with Crippen molar-refractivity contribution in [2.24, 2.45) is 0 Å². The van der Waals surface area contributed by atoms with Crippen LogP contribution in [-0.4, -0.2) is 69.3 Å². The average Bonchev–Trinajstić information content (AvgIpc) is 3.07. The molecule has 7 nitrogen and oxygen atoms in total. The molecule has 0 saturated carbocycles. The molecule has 2 fully saturated rings. The van der Waals surface area contributed by atoms with Crippen molar-refractivity contribution in [2.75, 3.05) is 52.4 Å². The predicted molar refractivity (Wildman–Crippen MR) is 83.0 cm³/mol. The Morgan fingerprint density at radius 2 is 2.27 bits per heavy atom. The van der Waals surface area contributed by atoms with Crippen molar-refractivity contribution >= 4 is 5.91 Å². The van der Waals surface area contributed by atoms with Crippen molar-refractivity contribution in [1.82, 2.24) is 20.9 Å². The Hall–Kier alpha value is -1.62. The highest BCUT2D eigenvalue weighted by molar-refractivity contribution is 5.97. The maximum absolute atomic E-state index is 11.9. The van der Waals surface area contributed by atoms with Crippen LogP contribution in [0.15, 0.2) is 11.8 Å². The Morgan fingerprint density at radius 1 is 1.45 bits per heavy atom. The smallest absolute Gasteiger partial charge is 0.263 e. The van der Waals surface area contributed by atoms with Crippen molar-refractivity contribution in [3.05, 3.63) is 11.8 Å². The van der Waals surface area contributed by atoms with E-state index in [1.165, 1.54) is 6.20 Å². The number of carbonyl (C=O) groups excluding carboxylic acids is 1. The fraction of sp³-hybridized carbons (Fsp3) is 0.733. The average molecular weight is 307 g/mol. The molecule has 2 aliphatic rings. The first-order valence-electron chi connectivity index (χ1n) is 7.96. The molecule has 2 saturated heterocycles. The molecule has 2 aliphatic heterocycles. The van der Waals surface area contributed by atoms with Crippen molar-refractivity contribution in [3.63, 3.8) is 0 Å². The van der Waals surface area contributed by atoms with Gasteiger partial charge in [-0.2, -0.15) is 5.26 Å². The lowest BCUT2D eigenvalue weighted by Gasteiger charge is -2.26. The van der Waals surface area contributed by atoms with E-state index in [-0.39, 0.29) is 17.6 Å². The number of amides is 1. The zero-order valence-electron chi connectivity index (χ0n) is 12.9. The van der Waals surface area contributed by atoms with E-state index in [9.17, 15) is 4.79 Å². The van der Waals surface area contributed by atoms with E-state index >= 15 is 0 Å². The summed E-state index contributed by atoms with van der Waals surface area (Å²) in [6.45, 7) is 6.99. The minimum Gasteiger partial charge on any atom is -0.388 e. The van der Waals surface area contributed by atoms with Gasteiger partial charge in [-0.05, 0) is 12.8 Å². The molecule has 3 N–H and O–H groups in total. The molecule has 1 amide bonds.